The van der Waals surface area contributed by atoms with Crippen LogP contribution in [-0.4, -0.2) is 19.1 Å². The lowest BCUT2D eigenvalue weighted by Crippen LogP contribution is -1.91. The summed E-state index contributed by atoms with van der Waals surface area (Å²) in [6.07, 6.45) is 1.70. The van der Waals surface area contributed by atoms with E-state index in [0.717, 1.165) is 5.69 Å². The van der Waals surface area contributed by atoms with E-state index >= 15 is 0 Å². The van der Waals surface area contributed by atoms with Crippen molar-refractivity contribution in [2.45, 2.75) is 0 Å². The Hall–Kier alpha value is -1.25. The van der Waals surface area contributed by atoms with Crippen LogP contribution >= 0.6 is 0 Å². The van der Waals surface area contributed by atoms with Crippen molar-refractivity contribution in [1.29, 1.82) is 0 Å². The highest BCUT2D eigenvalue weighted by atomic mass is 16.5. The number of hydrogen-bond donors (Lipinski definition) is 1. The topological polar surface area (TPSA) is 34.2 Å². The van der Waals surface area contributed by atoms with Gasteiger partial charge in [0.1, 0.15) is 0 Å². The van der Waals surface area contributed by atoms with E-state index in [0.29, 0.717) is 5.88 Å². The summed E-state index contributed by atoms with van der Waals surface area (Å²) in [4.78, 5) is 3.94. The van der Waals surface area contributed by atoms with Crippen LogP contribution in [-0.2, 0) is 0 Å². The van der Waals surface area contributed by atoms with Crippen LogP contribution in [0.4, 0.5) is 5.69 Å². The predicted octanol–water partition coefficient (Wildman–Crippen LogP) is 1.13. The van der Waals surface area contributed by atoms with E-state index in [1.165, 1.54) is 0 Å². The zero-order valence-corrected chi connectivity index (χ0v) is 6.09. The van der Waals surface area contributed by atoms with Gasteiger partial charge in [-0.05, 0) is 6.07 Å². The van der Waals surface area contributed by atoms with Gasteiger partial charge in [-0.3, -0.25) is 0 Å². The molecule has 0 fully saturated rings. The molecule has 0 aliphatic rings. The highest BCUT2D eigenvalue weighted by molar-refractivity contribution is 5.44. The maximum absolute atomic E-state index is 4.91. The molecule has 1 aromatic heterocycles. The van der Waals surface area contributed by atoms with E-state index in [4.69, 9.17) is 4.74 Å². The van der Waals surface area contributed by atoms with Gasteiger partial charge in [0.05, 0.1) is 7.11 Å². The normalized spacial score (nSPS) is 9.00. The lowest BCUT2D eigenvalue weighted by atomic mass is 10.4. The molecule has 0 saturated carbocycles. The molecule has 0 aliphatic heterocycles. The zero-order chi connectivity index (χ0) is 7.40. The SMILES string of the molecule is CNc1ccnc(OC)c1. The first-order chi connectivity index (χ1) is 4.86. The number of hydrogen-bond acceptors (Lipinski definition) is 3. The fourth-order valence-electron chi connectivity index (χ4n) is 0.677. The summed E-state index contributed by atoms with van der Waals surface area (Å²) in [7, 11) is 3.45. The first-order valence-corrected chi connectivity index (χ1v) is 3.04. The van der Waals surface area contributed by atoms with Gasteiger partial charge in [0.15, 0.2) is 0 Å². The van der Waals surface area contributed by atoms with Gasteiger partial charge >= 0.3 is 0 Å². The molecule has 0 radical (unpaired) electrons. The molecule has 0 aromatic carbocycles. The van der Waals surface area contributed by atoms with Gasteiger partial charge < -0.3 is 10.1 Å². The lowest BCUT2D eigenvalue weighted by molar-refractivity contribution is 0.398. The second kappa shape index (κ2) is 3.06. The first-order valence-electron chi connectivity index (χ1n) is 3.04. The van der Waals surface area contributed by atoms with Crippen molar-refractivity contribution in [2.75, 3.05) is 19.5 Å². The summed E-state index contributed by atoms with van der Waals surface area (Å²) in [5, 5.41) is 2.98. The number of pyridine rings is 1. The van der Waals surface area contributed by atoms with Gasteiger partial charge in [-0.15, -0.1) is 0 Å². The van der Waals surface area contributed by atoms with Crippen LogP contribution in [0.15, 0.2) is 18.3 Å². The maximum Gasteiger partial charge on any atom is 0.214 e. The number of methoxy groups -OCH3 is 1. The van der Waals surface area contributed by atoms with E-state index in [2.05, 4.69) is 10.3 Å². The quantitative estimate of drug-likeness (QED) is 0.665. The third kappa shape index (κ3) is 1.37. The molecule has 0 aliphatic carbocycles. The Bertz CT molecular complexity index is 193. The first kappa shape index (κ1) is 6.86. The summed E-state index contributed by atoms with van der Waals surface area (Å²) in [6.45, 7) is 0. The van der Waals surface area contributed by atoms with Gasteiger partial charge in [-0.25, -0.2) is 4.98 Å². The molecule has 0 amide bonds. The monoisotopic (exact) mass is 138 g/mol. The highest BCUT2D eigenvalue weighted by Gasteiger charge is 1.91. The Kier molecular flexibility index (Phi) is 2.10. The molecule has 1 aromatic rings. The van der Waals surface area contributed by atoms with Crippen LogP contribution in [0.1, 0.15) is 0 Å². The Morgan fingerprint density at radius 2 is 2.40 bits per heavy atom. The van der Waals surface area contributed by atoms with Gasteiger partial charge in [0, 0.05) is 25.0 Å². The Labute approximate surface area is 60.0 Å². The van der Waals surface area contributed by atoms with Crippen molar-refractivity contribution in [2.24, 2.45) is 0 Å². The molecule has 10 heavy (non-hydrogen) atoms. The van der Waals surface area contributed by atoms with Crippen molar-refractivity contribution in [1.82, 2.24) is 4.98 Å². The molecule has 3 heteroatoms. The minimum Gasteiger partial charge on any atom is -0.481 e. The number of rotatable bonds is 2. The third-order valence-corrected chi connectivity index (χ3v) is 1.23. The van der Waals surface area contributed by atoms with Gasteiger partial charge in [0.25, 0.3) is 0 Å². The van der Waals surface area contributed by atoms with E-state index in [-0.39, 0.29) is 0 Å². The summed E-state index contributed by atoms with van der Waals surface area (Å²) in [5.74, 6) is 0.631. The molecule has 0 spiro atoms. The number of ether oxygens (including phenoxy) is 1. The summed E-state index contributed by atoms with van der Waals surface area (Å²) >= 11 is 0. The average molecular weight is 138 g/mol. The molecule has 1 rings (SSSR count). The molecular weight excluding hydrogens is 128 g/mol. The highest BCUT2D eigenvalue weighted by Crippen LogP contribution is 2.11. The van der Waals surface area contributed by atoms with Crippen molar-refractivity contribution in [3.05, 3.63) is 18.3 Å². The van der Waals surface area contributed by atoms with Crippen LogP contribution < -0.4 is 10.1 Å². The molecule has 0 saturated heterocycles. The fourth-order valence-corrected chi connectivity index (χ4v) is 0.677. The molecule has 54 valence electrons. The standard InChI is InChI=1S/C7H10N2O/c1-8-6-3-4-9-7(5-6)10-2/h3-5H,1-2H3,(H,8,9). The smallest absolute Gasteiger partial charge is 0.214 e. The second-order valence-corrected chi connectivity index (χ2v) is 1.84. The Morgan fingerprint density at radius 3 is 3.00 bits per heavy atom. The molecule has 1 N–H and O–H groups in total. The van der Waals surface area contributed by atoms with Crippen molar-refractivity contribution in [3.8, 4) is 5.88 Å². The average Bonchev–Trinajstić information content (AvgIpc) is 2.05. The predicted molar refractivity (Wildman–Crippen MR) is 40.3 cm³/mol. The van der Waals surface area contributed by atoms with Crippen molar-refractivity contribution < 1.29 is 4.74 Å². The van der Waals surface area contributed by atoms with E-state index in [1.54, 1.807) is 13.3 Å². The number of nitrogens with zero attached hydrogens (tertiary/aromatic N) is 1. The van der Waals surface area contributed by atoms with Crippen molar-refractivity contribution in [3.63, 3.8) is 0 Å². The van der Waals surface area contributed by atoms with E-state index < -0.39 is 0 Å². The lowest BCUT2D eigenvalue weighted by Gasteiger charge is -2.00. The summed E-state index contributed by atoms with van der Waals surface area (Å²) in [5.41, 5.74) is 1.01. The van der Waals surface area contributed by atoms with Crippen LogP contribution in [0.25, 0.3) is 0 Å². The Balaban J connectivity index is 2.87. The summed E-state index contributed by atoms with van der Waals surface area (Å²) < 4.78 is 4.91. The van der Waals surface area contributed by atoms with Gasteiger partial charge in [-0.2, -0.15) is 0 Å². The molecular formula is C7H10N2O. The fraction of sp³-hybridized carbons (Fsp3) is 0.286. The van der Waals surface area contributed by atoms with Crippen LogP contribution in [0, 0.1) is 0 Å². The molecule has 0 bridgehead atoms. The van der Waals surface area contributed by atoms with Crippen LogP contribution in [0.2, 0.25) is 0 Å². The minimum atomic E-state index is 0.631. The zero-order valence-electron chi connectivity index (χ0n) is 6.09. The van der Waals surface area contributed by atoms with E-state index in [1.807, 2.05) is 19.2 Å². The number of nitrogens with one attached hydrogen (secondary N) is 1. The van der Waals surface area contributed by atoms with Gasteiger partial charge in [0.2, 0.25) is 5.88 Å². The molecule has 0 atom stereocenters. The summed E-state index contributed by atoms with van der Waals surface area (Å²) in [6, 6.07) is 3.71. The van der Waals surface area contributed by atoms with Gasteiger partial charge in [-0.1, -0.05) is 0 Å². The Morgan fingerprint density at radius 1 is 1.60 bits per heavy atom. The second-order valence-electron chi connectivity index (χ2n) is 1.84. The third-order valence-electron chi connectivity index (χ3n) is 1.23. The van der Waals surface area contributed by atoms with Crippen molar-refractivity contribution >= 4 is 5.69 Å². The van der Waals surface area contributed by atoms with Crippen LogP contribution in [0.5, 0.6) is 5.88 Å². The number of aromatic nitrogens is 1. The molecule has 3 nitrogen and oxygen atoms in total. The number of anilines is 1. The molecule has 1 heterocycles. The van der Waals surface area contributed by atoms with Crippen LogP contribution in [0.3, 0.4) is 0 Å². The minimum absolute atomic E-state index is 0.631. The molecule has 0 unspecified atom stereocenters. The van der Waals surface area contributed by atoms with E-state index in [9.17, 15) is 0 Å². The maximum atomic E-state index is 4.91. The largest absolute Gasteiger partial charge is 0.481 e.